The van der Waals surface area contributed by atoms with E-state index < -0.39 is 6.10 Å². The molecule has 1 heterocycles. The molecule has 0 spiro atoms. The highest BCUT2D eigenvalue weighted by molar-refractivity contribution is 5.31. The Balaban J connectivity index is 2.03. The Morgan fingerprint density at radius 3 is 2.55 bits per heavy atom. The normalized spacial score (nSPS) is 19.1. The highest BCUT2D eigenvalue weighted by Gasteiger charge is 2.43. The van der Waals surface area contributed by atoms with Crippen LogP contribution in [0.5, 0.6) is 0 Å². The van der Waals surface area contributed by atoms with Crippen LogP contribution in [0.1, 0.15) is 50.0 Å². The molecule has 20 heavy (non-hydrogen) atoms. The maximum absolute atomic E-state index is 11.1. The van der Waals surface area contributed by atoms with Crippen molar-refractivity contribution < 1.29 is 5.11 Å². The van der Waals surface area contributed by atoms with Gasteiger partial charge in [0.05, 0.1) is 5.69 Å². The molecule has 3 nitrogen and oxygen atoms in total. The minimum Gasteiger partial charge on any atom is -0.386 e. The van der Waals surface area contributed by atoms with Crippen molar-refractivity contribution in [1.82, 2.24) is 9.78 Å². The van der Waals surface area contributed by atoms with E-state index in [4.69, 9.17) is 0 Å². The van der Waals surface area contributed by atoms with E-state index in [9.17, 15) is 5.11 Å². The first-order valence-electron chi connectivity index (χ1n) is 7.53. The lowest BCUT2D eigenvalue weighted by Crippen LogP contribution is -2.32. The van der Waals surface area contributed by atoms with Gasteiger partial charge < -0.3 is 5.11 Å². The molecule has 0 bridgehead atoms. The number of nitrogens with zero attached hydrogens (tertiary/aromatic N) is 2. The van der Waals surface area contributed by atoms with E-state index in [1.54, 1.807) is 6.20 Å². The molecule has 1 aliphatic rings. The fourth-order valence-electron chi connectivity index (χ4n) is 3.62. The van der Waals surface area contributed by atoms with Gasteiger partial charge in [-0.15, -0.1) is 0 Å². The average molecular weight is 270 g/mol. The lowest BCUT2D eigenvalue weighted by Gasteiger charge is -2.35. The van der Waals surface area contributed by atoms with E-state index in [0.29, 0.717) is 0 Å². The van der Waals surface area contributed by atoms with Crippen molar-refractivity contribution in [3.8, 4) is 0 Å². The molecule has 0 radical (unpaired) electrons. The van der Waals surface area contributed by atoms with Crippen LogP contribution in [-0.2, 0) is 12.0 Å². The fourth-order valence-corrected chi connectivity index (χ4v) is 3.62. The summed E-state index contributed by atoms with van der Waals surface area (Å²) in [7, 11) is 0. The van der Waals surface area contributed by atoms with Crippen LogP contribution in [0.4, 0.5) is 0 Å². The van der Waals surface area contributed by atoms with Crippen molar-refractivity contribution >= 4 is 0 Å². The number of aryl methyl sites for hydroxylation is 1. The van der Waals surface area contributed by atoms with Gasteiger partial charge in [-0.2, -0.15) is 5.10 Å². The summed E-state index contributed by atoms with van der Waals surface area (Å²) in [6, 6.07) is 12.4. The number of hydrogen-bond acceptors (Lipinski definition) is 2. The summed E-state index contributed by atoms with van der Waals surface area (Å²) >= 11 is 0. The Morgan fingerprint density at radius 2 is 1.90 bits per heavy atom. The molecule has 0 aliphatic heterocycles. The van der Waals surface area contributed by atoms with E-state index in [1.165, 1.54) is 18.4 Å². The first kappa shape index (κ1) is 13.4. The van der Waals surface area contributed by atoms with E-state index in [2.05, 4.69) is 36.3 Å². The molecule has 1 aromatic heterocycles. The highest BCUT2D eigenvalue weighted by atomic mass is 16.3. The number of aliphatic hydroxyl groups is 1. The fraction of sp³-hybridized carbons (Fsp3) is 0.471. The number of hydrogen-bond donors (Lipinski definition) is 1. The summed E-state index contributed by atoms with van der Waals surface area (Å²) in [5.41, 5.74) is 2.06. The lowest BCUT2D eigenvalue weighted by molar-refractivity contribution is 0.0739. The quantitative estimate of drug-likeness (QED) is 0.924. The first-order valence-corrected chi connectivity index (χ1v) is 7.53. The molecule has 0 saturated heterocycles. The number of benzene rings is 1. The standard InChI is InChI=1S/C17H22N2O/c1-2-19-15(10-13-18-19)16(20)17(11-6-7-12-17)14-8-4-3-5-9-14/h3-5,8-10,13,16,20H,2,6-7,11-12H2,1H3. The second-order valence-corrected chi connectivity index (χ2v) is 5.70. The van der Waals surface area contributed by atoms with Gasteiger partial charge >= 0.3 is 0 Å². The third kappa shape index (κ3) is 2.06. The van der Waals surface area contributed by atoms with Crippen LogP contribution in [0.2, 0.25) is 0 Å². The largest absolute Gasteiger partial charge is 0.386 e. The maximum Gasteiger partial charge on any atom is 0.105 e. The molecule has 1 atom stereocenters. The summed E-state index contributed by atoms with van der Waals surface area (Å²) in [4.78, 5) is 0. The van der Waals surface area contributed by atoms with E-state index >= 15 is 0 Å². The Bertz CT molecular complexity index is 555. The zero-order valence-corrected chi connectivity index (χ0v) is 12.0. The van der Waals surface area contributed by atoms with Crippen LogP contribution in [0.25, 0.3) is 0 Å². The molecule has 1 aliphatic carbocycles. The van der Waals surface area contributed by atoms with Gasteiger partial charge in [-0.05, 0) is 31.4 Å². The topological polar surface area (TPSA) is 38.0 Å². The van der Waals surface area contributed by atoms with Gasteiger partial charge in [0.1, 0.15) is 6.10 Å². The summed E-state index contributed by atoms with van der Waals surface area (Å²) in [5, 5.41) is 15.4. The van der Waals surface area contributed by atoms with Crippen LogP contribution in [0, 0.1) is 0 Å². The van der Waals surface area contributed by atoms with Gasteiger partial charge in [0.2, 0.25) is 0 Å². The van der Waals surface area contributed by atoms with Crippen LogP contribution in [0.3, 0.4) is 0 Å². The molecule has 1 fully saturated rings. The molecule has 0 amide bonds. The Kier molecular flexibility index (Phi) is 3.62. The van der Waals surface area contributed by atoms with Crippen LogP contribution in [-0.4, -0.2) is 14.9 Å². The predicted molar refractivity (Wildman–Crippen MR) is 79.4 cm³/mol. The predicted octanol–water partition coefficient (Wildman–Crippen LogP) is 3.45. The minimum absolute atomic E-state index is 0.145. The molecule has 1 saturated carbocycles. The molecule has 1 aromatic carbocycles. The molecule has 1 unspecified atom stereocenters. The molecular weight excluding hydrogens is 248 g/mol. The Labute approximate surface area is 120 Å². The number of rotatable bonds is 4. The molecular formula is C17H22N2O. The average Bonchev–Trinajstić information content (AvgIpc) is 3.17. The highest BCUT2D eigenvalue weighted by Crippen LogP contribution is 2.49. The van der Waals surface area contributed by atoms with Gasteiger partial charge in [-0.3, -0.25) is 4.68 Å². The van der Waals surface area contributed by atoms with Crippen LogP contribution >= 0.6 is 0 Å². The zero-order valence-electron chi connectivity index (χ0n) is 12.0. The van der Waals surface area contributed by atoms with Crippen LogP contribution in [0.15, 0.2) is 42.6 Å². The monoisotopic (exact) mass is 270 g/mol. The third-order valence-corrected chi connectivity index (χ3v) is 4.70. The first-order chi connectivity index (χ1) is 9.78. The van der Waals surface area contributed by atoms with Crippen molar-refractivity contribution in [2.24, 2.45) is 0 Å². The van der Waals surface area contributed by atoms with Crippen molar-refractivity contribution in [3.05, 3.63) is 53.9 Å². The van der Waals surface area contributed by atoms with Gasteiger partial charge in [0, 0.05) is 18.2 Å². The minimum atomic E-state index is -0.477. The Hall–Kier alpha value is -1.61. The van der Waals surface area contributed by atoms with Gasteiger partial charge in [-0.25, -0.2) is 0 Å². The number of aliphatic hydroxyl groups excluding tert-OH is 1. The van der Waals surface area contributed by atoms with E-state index in [1.807, 2.05) is 16.8 Å². The summed E-state index contributed by atoms with van der Waals surface area (Å²) < 4.78 is 1.91. The Morgan fingerprint density at radius 1 is 1.20 bits per heavy atom. The van der Waals surface area contributed by atoms with Gasteiger partial charge in [0.25, 0.3) is 0 Å². The van der Waals surface area contributed by atoms with Crippen LogP contribution < -0.4 is 0 Å². The molecule has 2 aromatic rings. The maximum atomic E-state index is 11.1. The van der Waals surface area contributed by atoms with Crippen molar-refractivity contribution in [1.29, 1.82) is 0 Å². The lowest BCUT2D eigenvalue weighted by atomic mass is 9.73. The van der Waals surface area contributed by atoms with Gasteiger partial charge in [-0.1, -0.05) is 43.2 Å². The van der Waals surface area contributed by atoms with Crippen molar-refractivity contribution in [3.63, 3.8) is 0 Å². The van der Waals surface area contributed by atoms with Crippen molar-refractivity contribution in [2.45, 2.75) is 50.7 Å². The molecule has 3 heteroatoms. The second-order valence-electron chi connectivity index (χ2n) is 5.70. The smallest absolute Gasteiger partial charge is 0.105 e. The van der Waals surface area contributed by atoms with E-state index in [-0.39, 0.29) is 5.41 Å². The van der Waals surface area contributed by atoms with Crippen molar-refractivity contribution in [2.75, 3.05) is 0 Å². The molecule has 1 N–H and O–H groups in total. The summed E-state index contributed by atoms with van der Waals surface area (Å²) in [6.07, 6.45) is 5.78. The molecule has 106 valence electrons. The third-order valence-electron chi connectivity index (χ3n) is 4.70. The summed E-state index contributed by atoms with van der Waals surface area (Å²) in [5.74, 6) is 0. The second kappa shape index (κ2) is 5.41. The zero-order chi connectivity index (χ0) is 14.0. The summed E-state index contributed by atoms with van der Waals surface area (Å²) in [6.45, 7) is 2.86. The number of aromatic nitrogens is 2. The SMILES string of the molecule is CCn1nccc1C(O)C1(c2ccccc2)CCCC1. The molecule has 3 rings (SSSR count). The van der Waals surface area contributed by atoms with Gasteiger partial charge in [0.15, 0.2) is 0 Å². The van der Waals surface area contributed by atoms with E-state index in [0.717, 1.165) is 25.1 Å².